The van der Waals surface area contributed by atoms with Gasteiger partial charge in [0, 0.05) is 17.2 Å². The lowest BCUT2D eigenvalue weighted by molar-refractivity contribution is -0.143. The van der Waals surface area contributed by atoms with Gasteiger partial charge in [0.15, 0.2) is 0 Å². The molecule has 0 spiro atoms. The van der Waals surface area contributed by atoms with E-state index in [1.807, 2.05) is 83.8 Å². The van der Waals surface area contributed by atoms with Crippen LogP contribution in [-0.4, -0.2) is 27.9 Å². The molecule has 5 nitrogen and oxygen atoms in total. The van der Waals surface area contributed by atoms with Crippen molar-refractivity contribution in [1.29, 1.82) is 0 Å². The summed E-state index contributed by atoms with van der Waals surface area (Å²) in [6, 6.07) is 23.5. The molecule has 0 bridgehead atoms. The zero-order chi connectivity index (χ0) is 22.8. The maximum Gasteiger partial charge on any atom is 0.306 e. The number of aliphatic carboxylic acids is 1. The number of amides is 1. The summed E-state index contributed by atoms with van der Waals surface area (Å²) in [5.41, 5.74) is 3.39. The van der Waals surface area contributed by atoms with E-state index in [-0.39, 0.29) is 17.9 Å². The summed E-state index contributed by atoms with van der Waals surface area (Å²) in [5.74, 6) is 0.247. The van der Waals surface area contributed by atoms with Gasteiger partial charge in [0.2, 0.25) is 0 Å². The van der Waals surface area contributed by atoms with Crippen LogP contribution in [0.25, 0.3) is 23.1 Å². The molecule has 0 unspecified atom stereocenters. The molecule has 5 rings (SSSR count). The number of rotatable bonds is 5. The van der Waals surface area contributed by atoms with E-state index in [2.05, 4.69) is 0 Å². The zero-order valence-corrected chi connectivity index (χ0v) is 18.2. The van der Waals surface area contributed by atoms with Crippen LogP contribution >= 0.6 is 0 Å². The van der Waals surface area contributed by atoms with Crippen molar-refractivity contribution in [1.82, 2.24) is 4.90 Å². The maximum absolute atomic E-state index is 13.5. The summed E-state index contributed by atoms with van der Waals surface area (Å²) in [4.78, 5) is 26.8. The van der Waals surface area contributed by atoms with E-state index in [0.717, 1.165) is 22.6 Å². The summed E-state index contributed by atoms with van der Waals surface area (Å²) in [5, 5.41) is 9.35. The van der Waals surface area contributed by atoms with Gasteiger partial charge < -0.3 is 14.4 Å². The first-order chi connectivity index (χ1) is 16.1. The number of carbonyl (C=O) groups excluding carboxylic acids is 1. The number of hydrogen-bond acceptors (Lipinski definition) is 3. The Hall–Kier alpha value is -3.86. The fraction of sp³-hybridized carbons (Fsp3) is 0.214. The average molecular weight is 440 g/mol. The smallest absolute Gasteiger partial charge is 0.306 e. The molecule has 1 N–H and O–H groups in total. The highest BCUT2D eigenvalue weighted by Gasteiger charge is 2.37. The molecule has 5 heteroatoms. The summed E-state index contributed by atoms with van der Waals surface area (Å²) >= 11 is 0. The Labute approximate surface area is 192 Å². The Bertz CT molecular complexity index is 1220. The van der Waals surface area contributed by atoms with Gasteiger partial charge in [-0.05, 0) is 55.5 Å². The molecule has 33 heavy (non-hydrogen) atoms. The average Bonchev–Trinajstić information content (AvgIpc) is 3.45. The second-order valence-corrected chi connectivity index (χ2v) is 8.58. The first-order valence-electron chi connectivity index (χ1n) is 11.3. The highest BCUT2D eigenvalue weighted by atomic mass is 16.4. The van der Waals surface area contributed by atoms with E-state index >= 15 is 0 Å². The SMILES string of the molecule is O=C(O)C1CCC(N2C(=O)C(=Cc3ccc(-c4ccccc4)o3)C=C2c2ccccc2)CC1. The molecule has 2 aliphatic rings. The predicted octanol–water partition coefficient (Wildman–Crippen LogP) is 5.86. The molecule has 2 heterocycles. The van der Waals surface area contributed by atoms with Crippen molar-refractivity contribution in [2.45, 2.75) is 31.7 Å². The molecule has 1 aromatic heterocycles. The third kappa shape index (κ3) is 4.27. The number of carboxylic acids is 1. The van der Waals surface area contributed by atoms with E-state index in [1.54, 1.807) is 6.08 Å². The molecule has 0 atom stereocenters. The first-order valence-corrected chi connectivity index (χ1v) is 11.3. The monoisotopic (exact) mass is 439 g/mol. The normalized spacial score (nSPS) is 21.9. The number of furan rings is 1. The second kappa shape index (κ2) is 8.94. The van der Waals surface area contributed by atoms with Crippen LogP contribution in [0, 0.1) is 5.92 Å². The second-order valence-electron chi connectivity index (χ2n) is 8.58. The molecular weight excluding hydrogens is 414 g/mol. The molecule has 1 fully saturated rings. The Balaban J connectivity index is 1.45. The lowest BCUT2D eigenvalue weighted by Gasteiger charge is -2.35. The van der Waals surface area contributed by atoms with Crippen LogP contribution < -0.4 is 0 Å². The molecule has 0 radical (unpaired) electrons. The van der Waals surface area contributed by atoms with Crippen LogP contribution in [0.5, 0.6) is 0 Å². The number of hydrogen-bond donors (Lipinski definition) is 1. The van der Waals surface area contributed by atoms with E-state index < -0.39 is 5.97 Å². The topological polar surface area (TPSA) is 70.8 Å². The highest BCUT2D eigenvalue weighted by molar-refractivity contribution is 6.10. The Morgan fingerprint density at radius 1 is 0.879 bits per heavy atom. The van der Waals surface area contributed by atoms with Crippen molar-refractivity contribution in [2.24, 2.45) is 5.92 Å². The molecule has 1 aliphatic carbocycles. The molecule has 3 aromatic rings. The molecule has 2 aromatic carbocycles. The number of nitrogens with zero attached hydrogens (tertiary/aromatic N) is 1. The lowest BCUT2D eigenvalue weighted by atomic mass is 9.85. The molecule has 0 saturated heterocycles. The first kappa shape index (κ1) is 21.0. The Kier molecular flexibility index (Phi) is 5.69. The fourth-order valence-electron chi connectivity index (χ4n) is 4.75. The number of benzene rings is 2. The van der Waals surface area contributed by atoms with Gasteiger partial charge >= 0.3 is 5.97 Å². The minimum atomic E-state index is -0.743. The Morgan fingerprint density at radius 3 is 2.15 bits per heavy atom. The van der Waals surface area contributed by atoms with Crippen molar-refractivity contribution in [3.8, 4) is 11.3 Å². The van der Waals surface area contributed by atoms with Crippen LogP contribution in [0.3, 0.4) is 0 Å². The largest absolute Gasteiger partial charge is 0.481 e. The Morgan fingerprint density at radius 2 is 1.52 bits per heavy atom. The summed E-state index contributed by atoms with van der Waals surface area (Å²) < 4.78 is 6.00. The molecule has 1 saturated carbocycles. The quantitative estimate of drug-likeness (QED) is 0.506. The van der Waals surface area contributed by atoms with Gasteiger partial charge in [-0.3, -0.25) is 9.59 Å². The lowest BCUT2D eigenvalue weighted by Crippen LogP contribution is -2.39. The number of carboxylic acid groups (broad SMARTS) is 1. The van der Waals surface area contributed by atoms with E-state index in [9.17, 15) is 14.7 Å². The van der Waals surface area contributed by atoms with E-state index in [4.69, 9.17) is 4.42 Å². The van der Waals surface area contributed by atoms with Crippen molar-refractivity contribution >= 4 is 23.6 Å². The van der Waals surface area contributed by atoms with Gasteiger partial charge in [0.1, 0.15) is 11.5 Å². The van der Waals surface area contributed by atoms with Gasteiger partial charge in [-0.15, -0.1) is 0 Å². The highest BCUT2D eigenvalue weighted by Crippen LogP contribution is 2.38. The van der Waals surface area contributed by atoms with Crippen molar-refractivity contribution < 1.29 is 19.1 Å². The fourth-order valence-corrected chi connectivity index (χ4v) is 4.75. The van der Waals surface area contributed by atoms with Gasteiger partial charge in [0.25, 0.3) is 5.91 Å². The standard InChI is InChI=1S/C28H25NO4/c30-27-22(17-24-15-16-26(33-24)20-9-5-2-6-10-20)18-25(19-7-3-1-4-8-19)29(27)23-13-11-21(12-14-23)28(31)32/h1-10,15-18,21,23H,11-14H2,(H,31,32). The van der Waals surface area contributed by atoms with Gasteiger partial charge in [-0.1, -0.05) is 60.7 Å². The minimum absolute atomic E-state index is 0.0121. The van der Waals surface area contributed by atoms with Gasteiger partial charge in [-0.25, -0.2) is 0 Å². The van der Waals surface area contributed by atoms with Crippen LogP contribution in [0.4, 0.5) is 0 Å². The van der Waals surface area contributed by atoms with Crippen molar-refractivity contribution in [3.63, 3.8) is 0 Å². The zero-order valence-electron chi connectivity index (χ0n) is 18.2. The third-order valence-electron chi connectivity index (χ3n) is 6.48. The van der Waals surface area contributed by atoms with Gasteiger partial charge in [-0.2, -0.15) is 0 Å². The van der Waals surface area contributed by atoms with Crippen LogP contribution in [0.1, 0.15) is 37.0 Å². The van der Waals surface area contributed by atoms with Gasteiger partial charge in [0.05, 0.1) is 11.6 Å². The van der Waals surface area contributed by atoms with E-state index in [0.29, 0.717) is 37.0 Å². The third-order valence-corrected chi connectivity index (χ3v) is 6.48. The molecule has 1 amide bonds. The molecular formula is C28H25NO4. The summed E-state index contributed by atoms with van der Waals surface area (Å²) in [6.07, 6.45) is 6.25. The number of carbonyl (C=O) groups is 2. The predicted molar refractivity (Wildman–Crippen MR) is 127 cm³/mol. The van der Waals surface area contributed by atoms with Crippen molar-refractivity contribution in [3.05, 3.63) is 95.8 Å². The van der Waals surface area contributed by atoms with Crippen LogP contribution in [0.2, 0.25) is 0 Å². The van der Waals surface area contributed by atoms with Crippen molar-refractivity contribution in [2.75, 3.05) is 0 Å². The summed E-state index contributed by atoms with van der Waals surface area (Å²) in [6.45, 7) is 0. The summed E-state index contributed by atoms with van der Waals surface area (Å²) in [7, 11) is 0. The minimum Gasteiger partial charge on any atom is -0.481 e. The van der Waals surface area contributed by atoms with E-state index in [1.165, 1.54) is 0 Å². The molecule has 166 valence electrons. The van der Waals surface area contributed by atoms with Crippen LogP contribution in [0.15, 0.2) is 88.9 Å². The maximum atomic E-state index is 13.5. The molecule has 1 aliphatic heterocycles. The van der Waals surface area contributed by atoms with Crippen LogP contribution in [-0.2, 0) is 9.59 Å².